The summed E-state index contributed by atoms with van der Waals surface area (Å²) in [6.45, 7) is 1.44. The van der Waals surface area contributed by atoms with Gasteiger partial charge in [-0.3, -0.25) is 4.79 Å². The van der Waals surface area contributed by atoms with Crippen molar-refractivity contribution in [2.24, 2.45) is 0 Å². The summed E-state index contributed by atoms with van der Waals surface area (Å²) in [5.41, 5.74) is 0. The van der Waals surface area contributed by atoms with Gasteiger partial charge in [-0.2, -0.15) is 0 Å². The van der Waals surface area contributed by atoms with E-state index in [1.165, 1.54) is 103 Å². The second-order valence-corrected chi connectivity index (χ2v) is 25.6. The molecule has 19 nitrogen and oxygen atoms in total. The number of carbonyl (C=O) groups excluding carboxylic acids is 1. The van der Waals surface area contributed by atoms with E-state index >= 15 is 0 Å². The van der Waals surface area contributed by atoms with Crippen molar-refractivity contribution in [1.29, 1.82) is 0 Å². The average molecular weight is 1360 g/mol. The summed E-state index contributed by atoms with van der Waals surface area (Å²) in [5, 5.41) is 120. The van der Waals surface area contributed by atoms with E-state index in [0.29, 0.717) is 12.8 Å². The zero-order valence-corrected chi connectivity index (χ0v) is 58.3. The van der Waals surface area contributed by atoms with Crippen LogP contribution in [-0.4, -0.2) is 193 Å². The molecule has 17 unspecified atom stereocenters. The lowest BCUT2D eigenvalue weighted by Gasteiger charge is -2.48. The van der Waals surface area contributed by atoms with Gasteiger partial charge < -0.3 is 89.9 Å². The summed E-state index contributed by atoms with van der Waals surface area (Å²) in [4.78, 5) is 13.4. The summed E-state index contributed by atoms with van der Waals surface area (Å²) < 4.78 is 34.2. The van der Waals surface area contributed by atoms with Gasteiger partial charge in [0.2, 0.25) is 5.91 Å². The molecule has 1 amide bonds. The van der Waals surface area contributed by atoms with E-state index in [-0.39, 0.29) is 18.9 Å². The fraction of sp³-hybridized carbons (Fsp3) is 0.727. The van der Waals surface area contributed by atoms with Crippen LogP contribution in [0.4, 0.5) is 0 Å². The number of ether oxygens (including phenoxy) is 6. The van der Waals surface area contributed by atoms with E-state index in [4.69, 9.17) is 28.4 Å². The number of nitrogens with one attached hydrogen (secondary N) is 1. The molecule has 0 aliphatic carbocycles. The summed E-state index contributed by atoms with van der Waals surface area (Å²) in [6, 6.07) is -1.000. The maximum Gasteiger partial charge on any atom is 0.220 e. The minimum absolute atomic E-state index is 0.228. The van der Waals surface area contributed by atoms with Gasteiger partial charge in [0.1, 0.15) is 73.2 Å². The van der Waals surface area contributed by atoms with Crippen molar-refractivity contribution in [2.75, 3.05) is 26.4 Å². The van der Waals surface area contributed by atoms with Crippen molar-refractivity contribution in [3.8, 4) is 0 Å². The maximum absolute atomic E-state index is 13.4. The van der Waals surface area contributed by atoms with Crippen LogP contribution in [0.3, 0.4) is 0 Å². The molecule has 3 rings (SSSR count). The molecule has 0 aromatic carbocycles. The van der Waals surface area contributed by atoms with Gasteiger partial charge >= 0.3 is 0 Å². The van der Waals surface area contributed by atoms with Crippen LogP contribution in [0.25, 0.3) is 0 Å². The maximum atomic E-state index is 13.4. The largest absolute Gasteiger partial charge is 0.394 e. The zero-order valence-electron chi connectivity index (χ0n) is 58.3. The Bertz CT molecular complexity index is 2210. The second-order valence-electron chi connectivity index (χ2n) is 25.6. The molecular formula is C77H129NO18. The minimum Gasteiger partial charge on any atom is -0.394 e. The lowest BCUT2D eigenvalue weighted by atomic mass is 9.96. The van der Waals surface area contributed by atoms with Crippen LogP contribution in [0.2, 0.25) is 0 Å². The van der Waals surface area contributed by atoms with Crippen molar-refractivity contribution >= 4 is 5.91 Å². The Morgan fingerprint density at radius 2 is 0.698 bits per heavy atom. The predicted octanol–water partition coefficient (Wildman–Crippen LogP) is 10.8. The monoisotopic (exact) mass is 1360 g/mol. The van der Waals surface area contributed by atoms with Crippen LogP contribution in [0.15, 0.2) is 122 Å². The quantitative estimate of drug-likeness (QED) is 0.0199. The molecule has 3 heterocycles. The molecule has 0 aromatic heterocycles. The summed E-state index contributed by atoms with van der Waals surface area (Å²) >= 11 is 0. The van der Waals surface area contributed by atoms with Gasteiger partial charge in [-0.25, -0.2) is 0 Å². The highest BCUT2D eigenvalue weighted by molar-refractivity contribution is 5.76. The van der Waals surface area contributed by atoms with Gasteiger partial charge in [0.15, 0.2) is 18.9 Å². The molecule has 0 spiro atoms. The van der Waals surface area contributed by atoms with Gasteiger partial charge in [0.05, 0.1) is 38.6 Å². The second kappa shape index (κ2) is 56.9. The summed E-state index contributed by atoms with van der Waals surface area (Å²) in [5.74, 6) is -0.294. The summed E-state index contributed by atoms with van der Waals surface area (Å²) in [6.07, 6.45) is 52.4. The lowest BCUT2D eigenvalue weighted by molar-refractivity contribution is -0.379. The fourth-order valence-corrected chi connectivity index (χ4v) is 11.6. The van der Waals surface area contributed by atoms with Crippen molar-refractivity contribution < 1.29 is 89.4 Å². The van der Waals surface area contributed by atoms with Crippen molar-refractivity contribution in [3.05, 3.63) is 122 Å². The van der Waals surface area contributed by atoms with Crippen LogP contribution in [0, 0.1) is 0 Å². The molecule has 3 aliphatic heterocycles. The third-order valence-electron chi connectivity index (χ3n) is 17.5. The number of allylic oxidation sites excluding steroid dienone is 19. The molecule has 550 valence electrons. The first-order chi connectivity index (χ1) is 46.8. The van der Waals surface area contributed by atoms with E-state index in [1.807, 2.05) is 6.08 Å². The fourth-order valence-electron chi connectivity index (χ4n) is 11.6. The Morgan fingerprint density at radius 1 is 0.375 bits per heavy atom. The summed E-state index contributed by atoms with van der Waals surface area (Å²) in [7, 11) is 0. The molecule has 0 aromatic rings. The standard InChI is InChI=1S/C77H129NO18/c1-3-5-7-9-11-13-15-16-17-18-19-20-21-22-23-24-25-26-27-28-29-30-31-32-33-34-35-36-37-38-39-40-41-42-43-44-45-47-49-51-53-55-65(83)78-60(61(82)54-52-50-48-46-14-12-10-8-6-4-2)59-91-75-71(89)68(86)73(63(57-80)93-75)96-77-72(90)69(87)74(64(58-81)94-77)95-76-70(88)67(85)66(84)62(56-79)92-76/h5-8,11,13-14,16-17,19-20,22-23,25-26,28-29,46,52,54,60-64,66-77,79-82,84-90H,3-4,9-10,12,15,18,21,24,27,30-45,47-51,53,55-59H2,1-2H3,(H,78,83)/b7-5-,8-6+,13-11-,17-16-,20-19-,23-22-,26-25-,29-28-,46-14+,54-52+. The Labute approximate surface area is 576 Å². The SMILES string of the molecule is CC/C=C\C/C=C\C/C=C\C/C=C\C/C=C\C/C=C\C/C=C\CCCCCCCCCCCCCCCCCCCCCC(=O)NC(COC1OC(CO)C(OC2OC(CO)C(OC3OC(CO)C(O)C(O)C3O)C(O)C2O)C(O)C1O)C(O)/C=C/CC/C=C/CC/C=C/CC. The molecule has 3 fully saturated rings. The Balaban J connectivity index is 1.27. The number of carbonyl (C=O) groups is 1. The highest BCUT2D eigenvalue weighted by Gasteiger charge is 2.53. The van der Waals surface area contributed by atoms with Crippen molar-refractivity contribution in [1.82, 2.24) is 5.32 Å². The molecule has 19 heteroatoms. The van der Waals surface area contributed by atoms with Gasteiger partial charge in [-0.15, -0.1) is 0 Å². The Kier molecular flexibility index (Phi) is 51.2. The molecular weight excluding hydrogens is 1230 g/mol. The van der Waals surface area contributed by atoms with Gasteiger partial charge in [-0.05, 0) is 96.3 Å². The first kappa shape index (κ1) is 86.4. The van der Waals surface area contributed by atoms with Crippen LogP contribution in [-0.2, 0) is 33.2 Å². The number of aliphatic hydroxyl groups is 11. The van der Waals surface area contributed by atoms with E-state index in [9.17, 15) is 61.0 Å². The van der Waals surface area contributed by atoms with Crippen molar-refractivity contribution in [3.63, 3.8) is 0 Å². The molecule has 96 heavy (non-hydrogen) atoms. The number of rotatable bonds is 55. The first-order valence-corrected chi connectivity index (χ1v) is 36.8. The molecule has 12 N–H and O–H groups in total. The lowest BCUT2D eigenvalue weighted by Crippen LogP contribution is -2.66. The van der Waals surface area contributed by atoms with Crippen LogP contribution >= 0.6 is 0 Å². The Morgan fingerprint density at radius 3 is 1.12 bits per heavy atom. The van der Waals surface area contributed by atoms with Crippen LogP contribution in [0.5, 0.6) is 0 Å². The van der Waals surface area contributed by atoms with Gasteiger partial charge in [0, 0.05) is 6.42 Å². The topological polar surface area (TPSA) is 307 Å². The predicted molar refractivity (Wildman–Crippen MR) is 378 cm³/mol. The number of amides is 1. The number of aliphatic hydroxyl groups excluding tert-OH is 11. The highest BCUT2D eigenvalue weighted by atomic mass is 16.8. The van der Waals surface area contributed by atoms with Crippen molar-refractivity contribution in [2.45, 2.75) is 330 Å². The third-order valence-corrected chi connectivity index (χ3v) is 17.5. The van der Waals surface area contributed by atoms with E-state index < -0.39 is 124 Å². The van der Waals surface area contributed by atoms with E-state index in [0.717, 1.165) is 89.9 Å². The van der Waals surface area contributed by atoms with Crippen LogP contribution in [0.1, 0.15) is 226 Å². The minimum atomic E-state index is -1.99. The Hall–Kier alpha value is -3.81. The first-order valence-electron chi connectivity index (χ1n) is 36.8. The number of unbranched alkanes of at least 4 members (excludes halogenated alkanes) is 21. The molecule has 17 atom stereocenters. The van der Waals surface area contributed by atoms with Crippen LogP contribution < -0.4 is 5.32 Å². The number of hydrogen-bond donors (Lipinski definition) is 12. The van der Waals surface area contributed by atoms with Gasteiger partial charge in [-0.1, -0.05) is 245 Å². The molecule has 3 saturated heterocycles. The van der Waals surface area contributed by atoms with E-state index in [1.54, 1.807) is 6.08 Å². The molecule has 0 saturated carbocycles. The third kappa shape index (κ3) is 37.6. The number of hydrogen-bond acceptors (Lipinski definition) is 18. The highest BCUT2D eigenvalue weighted by Crippen LogP contribution is 2.33. The van der Waals surface area contributed by atoms with Gasteiger partial charge in [0.25, 0.3) is 0 Å². The molecule has 0 radical (unpaired) electrons. The zero-order chi connectivity index (χ0) is 69.6. The average Bonchev–Trinajstić information content (AvgIpc) is 0.849. The smallest absolute Gasteiger partial charge is 0.220 e. The normalized spacial score (nSPS) is 27.8. The molecule has 3 aliphatic rings. The molecule has 0 bridgehead atoms. The van der Waals surface area contributed by atoms with E-state index in [2.05, 4.69) is 129 Å².